The summed E-state index contributed by atoms with van der Waals surface area (Å²) in [5.74, 6) is 0. The highest BCUT2D eigenvalue weighted by Crippen LogP contribution is 2.29. The molecule has 3 aromatic rings. The molecule has 4 rings (SSSR count). The zero-order valence-corrected chi connectivity index (χ0v) is 8.96. The van der Waals surface area contributed by atoms with Crippen molar-refractivity contribution in [2.45, 2.75) is 19.3 Å². The van der Waals surface area contributed by atoms with Gasteiger partial charge in [-0.3, -0.25) is 0 Å². The van der Waals surface area contributed by atoms with Crippen molar-refractivity contribution in [1.82, 2.24) is 9.97 Å². The van der Waals surface area contributed by atoms with E-state index >= 15 is 0 Å². The van der Waals surface area contributed by atoms with E-state index in [0.29, 0.717) is 0 Å². The van der Waals surface area contributed by atoms with Crippen LogP contribution in [0.25, 0.3) is 21.9 Å². The second-order valence-electron chi connectivity index (χ2n) is 4.51. The summed E-state index contributed by atoms with van der Waals surface area (Å²) in [6, 6.07) is 10.7. The second-order valence-corrected chi connectivity index (χ2v) is 4.51. The molecule has 0 bridgehead atoms. The number of aryl methyl sites for hydroxylation is 2. The highest BCUT2D eigenvalue weighted by molar-refractivity contribution is 6.06. The number of pyridine rings is 1. The van der Waals surface area contributed by atoms with Crippen LogP contribution in [-0.4, -0.2) is 9.97 Å². The normalized spacial score (nSPS) is 14.8. The van der Waals surface area contributed by atoms with Crippen LogP contribution in [0.1, 0.15) is 17.7 Å². The van der Waals surface area contributed by atoms with Crippen molar-refractivity contribution in [2.24, 2.45) is 0 Å². The SMILES string of the molecule is c1ccc2c(c1)[nH]c1nc3c(cc12)CCC3. The first kappa shape index (κ1) is 8.34. The summed E-state index contributed by atoms with van der Waals surface area (Å²) in [7, 11) is 0. The highest BCUT2D eigenvalue weighted by Gasteiger charge is 2.15. The van der Waals surface area contributed by atoms with E-state index in [-0.39, 0.29) is 0 Å². The van der Waals surface area contributed by atoms with Crippen LogP contribution in [0.3, 0.4) is 0 Å². The summed E-state index contributed by atoms with van der Waals surface area (Å²) in [6.07, 6.45) is 3.59. The zero-order valence-electron chi connectivity index (χ0n) is 8.96. The van der Waals surface area contributed by atoms with Crippen molar-refractivity contribution < 1.29 is 0 Å². The van der Waals surface area contributed by atoms with E-state index in [4.69, 9.17) is 4.98 Å². The molecule has 2 aromatic heterocycles. The Bertz CT molecular complexity index is 694. The molecule has 0 atom stereocenters. The van der Waals surface area contributed by atoms with Crippen LogP contribution in [0.5, 0.6) is 0 Å². The van der Waals surface area contributed by atoms with Crippen molar-refractivity contribution >= 4 is 21.9 Å². The number of rotatable bonds is 0. The largest absolute Gasteiger partial charge is 0.339 e. The Labute approximate surface area is 93.3 Å². The molecule has 78 valence electrons. The predicted molar refractivity (Wildman–Crippen MR) is 65.6 cm³/mol. The molecule has 0 saturated heterocycles. The van der Waals surface area contributed by atoms with Crippen molar-refractivity contribution in [3.8, 4) is 0 Å². The van der Waals surface area contributed by atoms with E-state index in [1.807, 2.05) is 0 Å². The zero-order chi connectivity index (χ0) is 10.5. The monoisotopic (exact) mass is 208 g/mol. The maximum absolute atomic E-state index is 4.74. The second kappa shape index (κ2) is 2.85. The summed E-state index contributed by atoms with van der Waals surface area (Å²) in [5, 5.41) is 2.57. The Kier molecular flexibility index (Phi) is 1.48. The van der Waals surface area contributed by atoms with E-state index in [9.17, 15) is 0 Å². The number of hydrogen-bond donors (Lipinski definition) is 1. The van der Waals surface area contributed by atoms with Gasteiger partial charge in [0.1, 0.15) is 5.65 Å². The van der Waals surface area contributed by atoms with Crippen molar-refractivity contribution in [3.63, 3.8) is 0 Å². The number of nitrogens with one attached hydrogen (secondary N) is 1. The lowest BCUT2D eigenvalue weighted by atomic mass is 10.1. The van der Waals surface area contributed by atoms with Gasteiger partial charge in [0.05, 0.1) is 0 Å². The van der Waals surface area contributed by atoms with Gasteiger partial charge in [0.2, 0.25) is 0 Å². The summed E-state index contributed by atoms with van der Waals surface area (Å²) in [6.45, 7) is 0. The molecular formula is C14H12N2. The molecule has 1 aromatic carbocycles. The van der Waals surface area contributed by atoms with E-state index in [1.54, 1.807) is 0 Å². The van der Waals surface area contributed by atoms with Gasteiger partial charge in [-0.2, -0.15) is 0 Å². The van der Waals surface area contributed by atoms with Crippen LogP contribution < -0.4 is 0 Å². The Morgan fingerprint density at radius 1 is 1.06 bits per heavy atom. The Morgan fingerprint density at radius 2 is 2.00 bits per heavy atom. The third-order valence-electron chi connectivity index (χ3n) is 3.52. The number of fused-ring (bicyclic) bond motifs is 4. The molecule has 0 amide bonds. The minimum absolute atomic E-state index is 1.04. The number of aromatic amines is 1. The number of aromatic nitrogens is 2. The van der Waals surface area contributed by atoms with Crippen LogP contribution in [0.2, 0.25) is 0 Å². The van der Waals surface area contributed by atoms with Crippen LogP contribution >= 0.6 is 0 Å². The van der Waals surface area contributed by atoms with Crippen molar-refractivity contribution in [1.29, 1.82) is 0 Å². The lowest BCUT2D eigenvalue weighted by Crippen LogP contribution is -1.87. The van der Waals surface area contributed by atoms with Crippen LogP contribution in [0.15, 0.2) is 30.3 Å². The van der Waals surface area contributed by atoms with Gasteiger partial charge in [0.15, 0.2) is 0 Å². The molecule has 2 heteroatoms. The van der Waals surface area contributed by atoms with E-state index in [0.717, 1.165) is 12.1 Å². The van der Waals surface area contributed by atoms with E-state index < -0.39 is 0 Å². The number of H-pyrrole nitrogens is 1. The molecule has 0 spiro atoms. The maximum atomic E-state index is 4.74. The topological polar surface area (TPSA) is 28.7 Å². The third-order valence-corrected chi connectivity index (χ3v) is 3.52. The smallest absolute Gasteiger partial charge is 0.138 e. The first-order chi connectivity index (χ1) is 7.92. The average Bonchev–Trinajstić information content (AvgIpc) is 2.88. The van der Waals surface area contributed by atoms with E-state index in [1.165, 1.54) is 40.4 Å². The Balaban J connectivity index is 2.19. The minimum Gasteiger partial charge on any atom is -0.339 e. The first-order valence-electron chi connectivity index (χ1n) is 5.81. The molecule has 0 aliphatic heterocycles. The number of hydrogen-bond acceptors (Lipinski definition) is 1. The molecule has 1 aliphatic carbocycles. The Hall–Kier alpha value is -1.83. The molecule has 0 unspecified atom stereocenters. The van der Waals surface area contributed by atoms with E-state index in [2.05, 4.69) is 35.3 Å². The number of para-hydroxylation sites is 1. The van der Waals surface area contributed by atoms with Gasteiger partial charge in [0.25, 0.3) is 0 Å². The fourth-order valence-electron chi connectivity index (χ4n) is 2.73. The van der Waals surface area contributed by atoms with Gasteiger partial charge in [0, 0.05) is 22.0 Å². The molecule has 2 nitrogen and oxygen atoms in total. The van der Waals surface area contributed by atoms with Gasteiger partial charge < -0.3 is 4.98 Å². The van der Waals surface area contributed by atoms with Gasteiger partial charge in [-0.15, -0.1) is 0 Å². The van der Waals surface area contributed by atoms with Gasteiger partial charge >= 0.3 is 0 Å². The molecule has 1 N–H and O–H groups in total. The molecule has 0 fully saturated rings. The van der Waals surface area contributed by atoms with Crippen LogP contribution in [0, 0.1) is 0 Å². The molecule has 1 aliphatic rings. The fourth-order valence-corrected chi connectivity index (χ4v) is 2.73. The van der Waals surface area contributed by atoms with Crippen LogP contribution in [-0.2, 0) is 12.8 Å². The van der Waals surface area contributed by atoms with Gasteiger partial charge in [-0.05, 0) is 37.0 Å². The predicted octanol–water partition coefficient (Wildman–Crippen LogP) is 3.20. The van der Waals surface area contributed by atoms with Gasteiger partial charge in [-0.1, -0.05) is 18.2 Å². The quantitative estimate of drug-likeness (QED) is 0.603. The van der Waals surface area contributed by atoms with Crippen molar-refractivity contribution in [3.05, 3.63) is 41.6 Å². The lowest BCUT2D eigenvalue weighted by molar-refractivity contribution is 0.900. The Morgan fingerprint density at radius 3 is 3.00 bits per heavy atom. The fraction of sp³-hybridized carbons (Fsp3) is 0.214. The van der Waals surface area contributed by atoms with Crippen LogP contribution in [0.4, 0.5) is 0 Å². The van der Waals surface area contributed by atoms with Crippen molar-refractivity contribution in [2.75, 3.05) is 0 Å². The summed E-state index contributed by atoms with van der Waals surface area (Å²) < 4.78 is 0. The highest BCUT2D eigenvalue weighted by atomic mass is 14.9. The molecule has 0 saturated carbocycles. The molecule has 0 radical (unpaired) electrons. The molecular weight excluding hydrogens is 196 g/mol. The number of benzene rings is 1. The summed E-state index contributed by atoms with van der Waals surface area (Å²) in [4.78, 5) is 8.13. The first-order valence-corrected chi connectivity index (χ1v) is 5.81. The average molecular weight is 208 g/mol. The third kappa shape index (κ3) is 0.990. The standard InChI is InChI=1S/C14H12N2/c1-2-6-13-10(5-1)11-8-9-4-3-7-12(9)15-14(11)16-13/h1-2,5-6,8H,3-4,7H2,(H,15,16). The summed E-state index contributed by atoms with van der Waals surface area (Å²) in [5.41, 5.74) is 4.96. The molecule has 2 heterocycles. The minimum atomic E-state index is 1.04. The number of nitrogens with zero attached hydrogens (tertiary/aromatic N) is 1. The molecule has 16 heavy (non-hydrogen) atoms. The van der Waals surface area contributed by atoms with Gasteiger partial charge in [-0.25, -0.2) is 4.98 Å². The lowest BCUT2D eigenvalue weighted by Gasteiger charge is -1.97. The summed E-state index contributed by atoms with van der Waals surface area (Å²) >= 11 is 0. The maximum Gasteiger partial charge on any atom is 0.138 e.